The number of amides is 3. The second kappa shape index (κ2) is 8.54. The average molecular weight is 358 g/mol. The molecule has 26 heavy (non-hydrogen) atoms. The molecule has 2 fully saturated rings. The first-order valence-electron chi connectivity index (χ1n) is 9.70. The first-order chi connectivity index (χ1) is 12.6. The quantitative estimate of drug-likeness (QED) is 0.778. The van der Waals surface area contributed by atoms with Crippen molar-refractivity contribution < 1.29 is 9.59 Å². The number of carbonyl (C=O) groups is 2. The summed E-state index contributed by atoms with van der Waals surface area (Å²) in [4.78, 5) is 28.3. The predicted molar refractivity (Wildman–Crippen MR) is 102 cm³/mol. The molecule has 0 unspecified atom stereocenters. The second-order valence-electron chi connectivity index (χ2n) is 7.42. The topological polar surface area (TPSA) is 64.7 Å². The molecule has 2 aliphatic rings. The van der Waals surface area contributed by atoms with Gasteiger partial charge in [0.05, 0.1) is 6.54 Å². The van der Waals surface area contributed by atoms with Crippen molar-refractivity contribution in [1.82, 2.24) is 20.4 Å². The predicted octanol–water partition coefficient (Wildman–Crippen LogP) is 1.57. The molecular weight excluding hydrogens is 328 g/mol. The van der Waals surface area contributed by atoms with Crippen molar-refractivity contribution in [2.45, 2.75) is 31.6 Å². The minimum Gasteiger partial charge on any atom is -0.355 e. The fourth-order valence-corrected chi connectivity index (χ4v) is 3.50. The lowest BCUT2D eigenvalue weighted by Gasteiger charge is -2.34. The van der Waals surface area contributed by atoms with Gasteiger partial charge in [-0.2, -0.15) is 0 Å². The van der Waals surface area contributed by atoms with E-state index in [2.05, 4.69) is 39.8 Å². The van der Waals surface area contributed by atoms with E-state index in [-0.39, 0.29) is 17.4 Å². The van der Waals surface area contributed by atoms with Gasteiger partial charge in [-0.25, -0.2) is 4.79 Å². The Morgan fingerprint density at radius 3 is 2.35 bits per heavy atom. The van der Waals surface area contributed by atoms with Gasteiger partial charge in [0, 0.05) is 44.7 Å². The maximum Gasteiger partial charge on any atom is 0.317 e. The molecule has 1 saturated heterocycles. The summed E-state index contributed by atoms with van der Waals surface area (Å²) in [5.41, 5.74) is 1.46. The Labute approximate surface area is 155 Å². The third kappa shape index (κ3) is 4.75. The first kappa shape index (κ1) is 18.7. The van der Waals surface area contributed by atoms with Crippen LogP contribution in [0.15, 0.2) is 30.3 Å². The SMILES string of the molecule is CCCNC(=O)CN1CCN(C(=O)NCC2(c3ccccc3)CC2)CC1. The Balaban J connectivity index is 1.40. The summed E-state index contributed by atoms with van der Waals surface area (Å²) in [6, 6.07) is 10.5. The van der Waals surface area contributed by atoms with E-state index in [0.29, 0.717) is 26.2 Å². The molecule has 0 radical (unpaired) electrons. The van der Waals surface area contributed by atoms with Crippen LogP contribution in [0.5, 0.6) is 0 Å². The minimum absolute atomic E-state index is 0.0160. The maximum atomic E-state index is 12.5. The molecule has 1 aromatic rings. The molecule has 1 saturated carbocycles. The van der Waals surface area contributed by atoms with E-state index in [4.69, 9.17) is 0 Å². The third-order valence-electron chi connectivity index (χ3n) is 5.42. The van der Waals surface area contributed by atoms with Crippen LogP contribution in [0.25, 0.3) is 0 Å². The van der Waals surface area contributed by atoms with Crippen LogP contribution in [-0.4, -0.2) is 67.6 Å². The molecule has 3 amide bonds. The summed E-state index contributed by atoms with van der Waals surface area (Å²) >= 11 is 0. The molecule has 3 rings (SSSR count). The van der Waals surface area contributed by atoms with Gasteiger partial charge in [0.2, 0.25) is 5.91 Å². The van der Waals surface area contributed by atoms with Crippen molar-refractivity contribution in [3.63, 3.8) is 0 Å². The zero-order valence-electron chi connectivity index (χ0n) is 15.7. The molecule has 0 atom stereocenters. The normalized spacial score (nSPS) is 19.0. The molecule has 0 bridgehead atoms. The van der Waals surface area contributed by atoms with Crippen LogP contribution >= 0.6 is 0 Å². The van der Waals surface area contributed by atoms with Gasteiger partial charge >= 0.3 is 6.03 Å². The van der Waals surface area contributed by atoms with Gasteiger partial charge in [0.15, 0.2) is 0 Å². The van der Waals surface area contributed by atoms with Crippen LogP contribution in [0.2, 0.25) is 0 Å². The number of rotatable bonds is 7. The zero-order valence-corrected chi connectivity index (χ0v) is 15.7. The molecule has 1 heterocycles. The smallest absolute Gasteiger partial charge is 0.317 e. The molecule has 0 spiro atoms. The van der Waals surface area contributed by atoms with Crippen molar-refractivity contribution in [2.24, 2.45) is 0 Å². The summed E-state index contributed by atoms with van der Waals surface area (Å²) in [7, 11) is 0. The van der Waals surface area contributed by atoms with Crippen LogP contribution < -0.4 is 10.6 Å². The van der Waals surface area contributed by atoms with Crippen molar-refractivity contribution in [3.05, 3.63) is 35.9 Å². The zero-order chi connectivity index (χ0) is 18.4. The largest absolute Gasteiger partial charge is 0.355 e. The van der Waals surface area contributed by atoms with Gasteiger partial charge in [-0.15, -0.1) is 0 Å². The van der Waals surface area contributed by atoms with Crippen LogP contribution in [-0.2, 0) is 10.2 Å². The summed E-state index contributed by atoms with van der Waals surface area (Å²) < 4.78 is 0. The lowest BCUT2D eigenvalue weighted by Crippen LogP contribution is -2.54. The minimum atomic E-state index is 0.0160. The summed E-state index contributed by atoms with van der Waals surface area (Å²) in [6.07, 6.45) is 3.22. The molecule has 2 N–H and O–H groups in total. The lowest BCUT2D eigenvalue weighted by molar-refractivity contribution is -0.122. The van der Waals surface area contributed by atoms with Gasteiger partial charge in [-0.1, -0.05) is 37.3 Å². The standard InChI is InChI=1S/C20H30N4O2/c1-2-10-21-18(25)15-23-11-13-24(14-12-23)19(26)22-16-20(8-9-20)17-6-4-3-5-7-17/h3-7H,2,8-16H2,1H3,(H,21,25)(H,22,26). The number of urea groups is 1. The molecule has 6 nitrogen and oxygen atoms in total. The second-order valence-corrected chi connectivity index (χ2v) is 7.42. The number of piperazine rings is 1. The highest BCUT2D eigenvalue weighted by Crippen LogP contribution is 2.47. The number of hydrogen-bond acceptors (Lipinski definition) is 3. The van der Waals surface area contributed by atoms with E-state index >= 15 is 0 Å². The summed E-state index contributed by atoms with van der Waals surface area (Å²) in [5, 5.41) is 6.03. The number of nitrogens with zero attached hydrogens (tertiary/aromatic N) is 2. The van der Waals surface area contributed by atoms with Gasteiger partial charge in [-0.05, 0) is 24.8 Å². The van der Waals surface area contributed by atoms with E-state index in [0.717, 1.165) is 38.9 Å². The Kier molecular flexibility index (Phi) is 6.14. The fourth-order valence-electron chi connectivity index (χ4n) is 3.50. The first-order valence-corrected chi connectivity index (χ1v) is 9.70. The summed E-state index contributed by atoms with van der Waals surface area (Å²) in [5.74, 6) is 0.0725. The van der Waals surface area contributed by atoms with Crippen LogP contribution in [0, 0.1) is 0 Å². The Morgan fingerprint density at radius 2 is 1.73 bits per heavy atom. The van der Waals surface area contributed by atoms with Crippen molar-refractivity contribution in [3.8, 4) is 0 Å². The van der Waals surface area contributed by atoms with Crippen molar-refractivity contribution >= 4 is 11.9 Å². The molecule has 1 aromatic carbocycles. The van der Waals surface area contributed by atoms with Gasteiger partial charge in [0.1, 0.15) is 0 Å². The summed E-state index contributed by atoms with van der Waals surface area (Å²) in [6.45, 7) is 6.73. The van der Waals surface area contributed by atoms with E-state index in [1.165, 1.54) is 5.56 Å². The molecular formula is C20H30N4O2. The van der Waals surface area contributed by atoms with E-state index in [1.807, 2.05) is 17.9 Å². The maximum absolute atomic E-state index is 12.5. The van der Waals surface area contributed by atoms with E-state index in [1.54, 1.807) is 0 Å². The van der Waals surface area contributed by atoms with E-state index in [9.17, 15) is 9.59 Å². The molecule has 142 valence electrons. The highest BCUT2D eigenvalue weighted by atomic mass is 16.2. The average Bonchev–Trinajstić information content (AvgIpc) is 3.47. The van der Waals surface area contributed by atoms with Gasteiger partial charge in [-0.3, -0.25) is 9.69 Å². The van der Waals surface area contributed by atoms with Crippen molar-refractivity contribution in [1.29, 1.82) is 0 Å². The number of nitrogens with one attached hydrogen (secondary N) is 2. The van der Waals surface area contributed by atoms with Gasteiger partial charge < -0.3 is 15.5 Å². The molecule has 1 aliphatic heterocycles. The molecule has 1 aliphatic carbocycles. The Bertz CT molecular complexity index is 607. The monoisotopic (exact) mass is 358 g/mol. The van der Waals surface area contributed by atoms with E-state index < -0.39 is 0 Å². The number of carbonyl (C=O) groups excluding carboxylic acids is 2. The molecule has 0 aromatic heterocycles. The Hall–Kier alpha value is -2.08. The van der Waals surface area contributed by atoms with Crippen LogP contribution in [0.1, 0.15) is 31.7 Å². The third-order valence-corrected chi connectivity index (χ3v) is 5.42. The van der Waals surface area contributed by atoms with Crippen LogP contribution in [0.3, 0.4) is 0 Å². The highest BCUT2D eigenvalue weighted by molar-refractivity contribution is 5.78. The fraction of sp³-hybridized carbons (Fsp3) is 0.600. The Morgan fingerprint density at radius 1 is 1.04 bits per heavy atom. The highest BCUT2D eigenvalue weighted by Gasteiger charge is 2.44. The van der Waals surface area contributed by atoms with Crippen LogP contribution in [0.4, 0.5) is 4.79 Å². The van der Waals surface area contributed by atoms with Gasteiger partial charge in [0.25, 0.3) is 0 Å². The van der Waals surface area contributed by atoms with Crippen molar-refractivity contribution in [2.75, 3.05) is 45.8 Å². The number of benzene rings is 1. The lowest BCUT2D eigenvalue weighted by atomic mass is 9.96. The number of hydrogen-bond donors (Lipinski definition) is 2. The molecule has 6 heteroatoms.